The Morgan fingerprint density at radius 3 is 2.53 bits per heavy atom. The molecular formula is C21H24ClN3O5. The molecule has 0 saturated carbocycles. The first-order valence-electron chi connectivity index (χ1n) is 9.20. The SMILES string of the molecule is CN(C)C(=O)Oc1ccc2c(c1)C=CCN(CCOc1ccc([N+](=O)[O-])cc1)C2.Cl. The molecule has 8 nitrogen and oxygen atoms in total. The van der Waals surface area contributed by atoms with Gasteiger partial charge in [0.25, 0.3) is 5.69 Å². The lowest BCUT2D eigenvalue weighted by Gasteiger charge is -2.20. The van der Waals surface area contributed by atoms with E-state index < -0.39 is 11.0 Å². The second-order valence-corrected chi connectivity index (χ2v) is 6.86. The zero-order valence-electron chi connectivity index (χ0n) is 16.8. The molecule has 0 unspecified atom stereocenters. The van der Waals surface area contributed by atoms with E-state index in [4.69, 9.17) is 9.47 Å². The van der Waals surface area contributed by atoms with E-state index in [1.165, 1.54) is 17.0 Å². The molecule has 0 bridgehead atoms. The van der Waals surface area contributed by atoms with Crippen molar-refractivity contribution in [3.8, 4) is 11.5 Å². The first kappa shape index (κ1) is 23.2. The summed E-state index contributed by atoms with van der Waals surface area (Å²) >= 11 is 0. The van der Waals surface area contributed by atoms with Crippen LogP contribution < -0.4 is 9.47 Å². The summed E-state index contributed by atoms with van der Waals surface area (Å²) in [5.41, 5.74) is 2.20. The summed E-state index contributed by atoms with van der Waals surface area (Å²) in [6, 6.07) is 11.7. The summed E-state index contributed by atoms with van der Waals surface area (Å²) in [4.78, 5) is 25.6. The third kappa shape index (κ3) is 6.20. The molecule has 1 aliphatic rings. The van der Waals surface area contributed by atoms with Gasteiger partial charge in [-0.05, 0) is 35.4 Å². The van der Waals surface area contributed by atoms with Gasteiger partial charge in [-0.1, -0.05) is 18.2 Å². The number of fused-ring (bicyclic) bond motifs is 1. The average molecular weight is 434 g/mol. The normalized spacial score (nSPS) is 12.9. The van der Waals surface area contributed by atoms with Crippen molar-refractivity contribution in [1.29, 1.82) is 0 Å². The third-order valence-corrected chi connectivity index (χ3v) is 4.47. The van der Waals surface area contributed by atoms with Gasteiger partial charge in [-0.3, -0.25) is 15.0 Å². The minimum Gasteiger partial charge on any atom is -0.492 e. The summed E-state index contributed by atoms with van der Waals surface area (Å²) in [5.74, 6) is 1.12. The molecule has 0 spiro atoms. The molecule has 2 aromatic carbocycles. The smallest absolute Gasteiger partial charge is 0.414 e. The van der Waals surface area contributed by atoms with Gasteiger partial charge in [0.15, 0.2) is 0 Å². The van der Waals surface area contributed by atoms with Crippen LogP contribution in [0.4, 0.5) is 10.5 Å². The largest absolute Gasteiger partial charge is 0.492 e. The van der Waals surface area contributed by atoms with Gasteiger partial charge in [0.2, 0.25) is 0 Å². The predicted molar refractivity (Wildman–Crippen MR) is 116 cm³/mol. The van der Waals surface area contributed by atoms with E-state index >= 15 is 0 Å². The summed E-state index contributed by atoms with van der Waals surface area (Å²) in [7, 11) is 3.28. The second kappa shape index (κ2) is 10.6. The fraction of sp³-hybridized carbons (Fsp3) is 0.286. The topological polar surface area (TPSA) is 85.2 Å². The average Bonchev–Trinajstić information content (AvgIpc) is 2.90. The highest BCUT2D eigenvalue weighted by Crippen LogP contribution is 2.23. The van der Waals surface area contributed by atoms with E-state index in [0.29, 0.717) is 24.7 Å². The molecule has 0 radical (unpaired) electrons. The number of hydrogen-bond donors (Lipinski definition) is 0. The predicted octanol–water partition coefficient (Wildman–Crippen LogP) is 3.98. The second-order valence-electron chi connectivity index (χ2n) is 6.86. The third-order valence-electron chi connectivity index (χ3n) is 4.47. The van der Waals surface area contributed by atoms with Crippen LogP contribution in [0.3, 0.4) is 0 Å². The quantitative estimate of drug-likeness (QED) is 0.506. The van der Waals surface area contributed by atoms with Crippen molar-refractivity contribution in [2.75, 3.05) is 33.8 Å². The zero-order valence-corrected chi connectivity index (χ0v) is 17.6. The number of nitrogens with zero attached hydrogens (tertiary/aromatic N) is 3. The standard InChI is InChI=1S/C21H23N3O5.ClH/c1-22(2)21(25)29-20-8-5-17-15-23(11-3-4-16(17)14-20)12-13-28-19-9-6-18(7-10-19)24(26)27;/h3-10,14H,11-13,15H2,1-2H3;1H. The lowest BCUT2D eigenvalue weighted by molar-refractivity contribution is -0.384. The van der Waals surface area contributed by atoms with E-state index in [9.17, 15) is 14.9 Å². The Kier molecular flexibility index (Phi) is 8.20. The summed E-state index contributed by atoms with van der Waals surface area (Å²) in [6.45, 7) is 2.69. The van der Waals surface area contributed by atoms with Gasteiger partial charge in [0.1, 0.15) is 18.1 Å². The van der Waals surface area contributed by atoms with Crippen molar-refractivity contribution < 1.29 is 19.2 Å². The van der Waals surface area contributed by atoms with Crippen LogP contribution in [0.15, 0.2) is 48.5 Å². The minimum absolute atomic E-state index is 0. The number of carbonyl (C=O) groups is 1. The number of non-ortho nitro benzene ring substituents is 1. The zero-order chi connectivity index (χ0) is 20.8. The number of hydrogen-bond acceptors (Lipinski definition) is 6. The Balaban J connectivity index is 0.00000320. The number of amides is 1. The van der Waals surface area contributed by atoms with Crippen LogP contribution >= 0.6 is 12.4 Å². The summed E-state index contributed by atoms with van der Waals surface area (Å²) in [5, 5.41) is 10.7. The van der Waals surface area contributed by atoms with Crippen molar-refractivity contribution in [3.63, 3.8) is 0 Å². The van der Waals surface area contributed by atoms with Crippen molar-refractivity contribution in [3.05, 3.63) is 69.8 Å². The maximum Gasteiger partial charge on any atom is 0.414 e. The first-order chi connectivity index (χ1) is 13.9. The number of carbonyl (C=O) groups excluding carboxylic acids is 1. The van der Waals surface area contributed by atoms with Crippen molar-refractivity contribution >= 4 is 30.3 Å². The van der Waals surface area contributed by atoms with Gasteiger partial charge >= 0.3 is 6.09 Å². The van der Waals surface area contributed by atoms with Gasteiger partial charge in [-0.15, -0.1) is 12.4 Å². The van der Waals surface area contributed by atoms with Crippen LogP contribution in [0.2, 0.25) is 0 Å². The van der Waals surface area contributed by atoms with Gasteiger partial charge < -0.3 is 14.4 Å². The van der Waals surface area contributed by atoms with E-state index in [0.717, 1.165) is 24.2 Å². The molecule has 0 fully saturated rings. The maximum absolute atomic E-state index is 11.7. The highest BCUT2D eigenvalue weighted by molar-refractivity contribution is 5.85. The fourth-order valence-corrected chi connectivity index (χ4v) is 2.89. The first-order valence-corrected chi connectivity index (χ1v) is 9.20. The molecular weight excluding hydrogens is 410 g/mol. The van der Waals surface area contributed by atoms with E-state index in [1.54, 1.807) is 32.3 Å². The molecule has 1 aliphatic heterocycles. The molecule has 1 amide bonds. The van der Waals surface area contributed by atoms with Crippen LogP contribution in [0.1, 0.15) is 11.1 Å². The molecule has 2 aromatic rings. The molecule has 3 rings (SSSR count). The summed E-state index contributed by atoms with van der Waals surface area (Å²) in [6.07, 6.45) is 3.68. The number of benzene rings is 2. The fourth-order valence-electron chi connectivity index (χ4n) is 2.89. The van der Waals surface area contributed by atoms with Gasteiger partial charge in [-0.2, -0.15) is 0 Å². The monoisotopic (exact) mass is 433 g/mol. The van der Waals surface area contributed by atoms with E-state index in [1.807, 2.05) is 18.2 Å². The molecule has 0 atom stereocenters. The highest BCUT2D eigenvalue weighted by atomic mass is 35.5. The number of nitro benzene ring substituents is 1. The molecule has 0 aliphatic carbocycles. The molecule has 1 heterocycles. The van der Waals surface area contributed by atoms with Gasteiger partial charge in [0.05, 0.1) is 4.92 Å². The van der Waals surface area contributed by atoms with E-state index in [2.05, 4.69) is 11.0 Å². The van der Waals surface area contributed by atoms with Crippen LogP contribution in [0.5, 0.6) is 11.5 Å². The molecule has 30 heavy (non-hydrogen) atoms. The van der Waals surface area contributed by atoms with Crippen LogP contribution in [-0.2, 0) is 6.54 Å². The lowest BCUT2D eigenvalue weighted by atomic mass is 10.1. The Hall–Kier alpha value is -3.10. The van der Waals surface area contributed by atoms with Gasteiger partial charge in [-0.25, -0.2) is 4.79 Å². The van der Waals surface area contributed by atoms with Gasteiger partial charge in [0, 0.05) is 45.9 Å². The maximum atomic E-state index is 11.7. The molecule has 0 N–H and O–H groups in total. The number of ether oxygens (including phenoxy) is 2. The van der Waals surface area contributed by atoms with Crippen molar-refractivity contribution in [2.24, 2.45) is 0 Å². The number of rotatable bonds is 6. The molecule has 0 saturated heterocycles. The Labute approximate surface area is 181 Å². The van der Waals surface area contributed by atoms with Crippen LogP contribution in [0, 0.1) is 10.1 Å². The number of nitro groups is 1. The summed E-state index contributed by atoms with van der Waals surface area (Å²) < 4.78 is 11.0. The lowest BCUT2D eigenvalue weighted by Crippen LogP contribution is -2.28. The van der Waals surface area contributed by atoms with Crippen LogP contribution in [0.25, 0.3) is 6.08 Å². The number of halogens is 1. The minimum atomic E-state index is -0.433. The Morgan fingerprint density at radius 2 is 1.87 bits per heavy atom. The highest BCUT2D eigenvalue weighted by Gasteiger charge is 2.14. The Bertz CT molecular complexity index is 915. The molecule has 9 heteroatoms. The molecule has 160 valence electrons. The van der Waals surface area contributed by atoms with Crippen LogP contribution in [-0.4, -0.2) is 54.6 Å². The van der Waals surface area contributed by atoms with Crippen molar-refractivity contribution in [1.82, 2.24) is 9.80 Å². The Morgan fingerprint density at radius 1 is 1.17 bits per heavy atom. The van der Waals surface area contributed by atoms with Crippen molar-refractivity contribution in [2.45, 2.75) is 6.54 Å². The van der Waals surface area contributed by atoms with E-state index in [-0.39, 0.29) is 18.1 Å². The molecule has 0 aromatic heterocycles.